The van der Waals surface area contributed by atoms with Crippen molar-refractivity contribution in [3.63, 3.8) is 0 Å². The Balaban J connectivity index is 1.61. The van der Waals surface area contributed by atoms with Gasteiger partial charge in [0, 0.05) is 19.1 Å². The first-order valence-electron chi connectivity index (χ1n) is 8.62. The van der Waals surface area contributed by atoms with Crippen molar-refractivity contribution in [3.05, 3.63) is 35.4 Å². The van der Waals surface area contributed by atoms with E-state index in [1.165, 1.54) is 35.3 Å². The maximum Gasteiger partial charge on any atom is 0.416 e. The summed E-state index contributed by atoms with van der Waals surface area (Å²) < 4.78 is 65.6. The van der Waals surface area contributed by atoms with Gasteiger partial charge in [-0.1, -0.05) is 18.2 Å². The molecule has 1 heterocycles. The van der Waals surface area contributed by atoms with Crippen molar-refractivity contribution in [2.24, 2.45) is 5.92 Å². The largest absolute Gasteiger partial charge is 0.416 e. The summed E-state index contributed by atoms with van der Waals surface area (Å²) in [6, 6.07) is 5.18. The van der Waals surface area contributed by atoms with Gasteiger partial charge >= 0.3 is 6.18 Å². The number of nitrogens with one attached hydrogen (secondary N) is 1. The van der Waals surface area contributed by atoms with Crippen molar-refractivity contribution < 1.29 is 21.6 Å². The molecule has 2 aliphatic rings. The van der Waals surface area contributed by atoms with E-state index in [9.17, 15) is 21.6 Å². The lowest BCUT2D eigenvalue weighted by atomic mass is 10.1. The zero-order valence-electron chi connectivity index (χ0n) is 13.9. The van der Waals surface area contributed by atoms with Crippen LogP contribution in [0.1, 0.15) is 36.8 Å². The predicted molar refractivity (Wildman–Crippen MR) is 89.4 cm³/mol. The smallest absolute Gasteiger partial charge is 0.314 e. The van der Waals surface area contributed by atoms with E-state index in [1.54, 1.807) is 0 Å². The summed E-state index contributed by atoms with van der Waals surface area (Å²) in [4.78, 5) is 0. The van der Waals surface area contributed by atoms with Crippen molar-refractivity contribution in [3.8, 4) is 0 Å². The predicted octanol–water partition coefficient (Wildman–Crippen LogP) is 3.00. The average molecular weight is 376 g/mol. The molecule has 1 saturated carbocycles. The summed E-state index contributed by atoms with van der Waals surface area (Å²) in [6.45, 7) is 1.70. The highest BCUT2D eigenvalue weighted by Crippen LogP contribution is 2.33. The Kier molecular flexibility index (Phi) is 5.41. The van der Waals surface area contributed by atoms with Crippen LogP contribution in [-0.4, -0.2) is 38.4 Å². The average Bonchev–Trinajstić information content (AvgIpc) is 3.37. The molecular formula is C17H23F3N2O2S. The molecule has 1 saturated heterocycles. The van der Waals surface area contributed by atoms with Crippen molar-refractivity contribution in [1.82, 2.24) is 9.62 Å². The maximum absolute atomic E-state index is 13.1. The molecule has 3 rings (SSSR count). The summed E-state index contributed by atoms with van der Waals surface area (Å²) in [5.41, 5.74) is -1.07. The van der Waals surface area contributed by atoms with E-state index in [0.29, 0.717) is 32.0 Å². The standard InChI is InChI=1S/C17H23F3N2O2S/c18-17(19,20)16-4-2-1-3-14(16)12-25(23,24)22-9-7-15(8-10-22)21-11-13-5-6-13/h1-4,13,15,21H,5-12H2. The Labute approximate surface area is 146 Å². The number of sulfonamides is 1. The molecule has 0 radical (unpaired) electrons. The number of piperidine rings is 1. The highest BCUT2D eigenvalue weighted by molar-refractivity contribution is 7.88. The van der Waals surface area contributed by atoms with Crippen LogP contribution >= 0.6 is 0 Å². The van der Waals surface area contributed by atoms with Gasteiger partial charge in [-0.25, -0.2) is 12.7 Å². The Morgan fingerprint density at radius 2 is 1.72 bits per heavy atom. The van der Waals surface area contributed by atoms with Gasteiger partial charge in [-0.15, -0.1) is 0 Å². The second kappa shape index (κ2) is 7.25. The first kappa shape index (κ1) is 18.7. The summed E-state index contributed by atoms with van der Waals surface area (Å²) in [6.07, 6.45) is -0.622. The number of rotatable bonds is 6. The zero-order valence-corrected chi connectivity index (χ0v) is 14.7. The molecule has 140 valence electrons. The number of benzene rings is 1. The van der Waals surface area contributed by atoms with E-state index in [1.807, 2.05) is 0 Å². The first-order chi connectivity index (χ1) is 11.8. The van der Waals surface area contributed by atoms with Gasteiger partial charge in [0.1, 0.15) is 0 Å². The molecule has 1 aliphatic heterocycles. The van der Waals surface area contributed by atoms with Crippen molar-refractivity contribution >= 4 is 10.0 Å². The maximum atomic E-state index is 13.1. The van der Waals surface area contributed by atoms with Crippen LogP contribution in [0.3, 0.4) is 0 Å². The molecule has 8 heteroatoms. The van der Waals surface area contributed by atoms with Crippen LogP contribution in [-0.2, 0) is 22.0 Å². The Hall–Kier alpha value is -1.12. The minimum Gasteiger partial charge on any atom is -0.314 e. The van der Waals surface area contributed by atoms with Gasteiger partial charge in [-0.05, 0) is 49.8 Å². The van der Waals surface area contributed by atoms with Gasteiger partial charge in [-0.2, -0.15) is 13.2 Å². The van der Waals surface area contributed by atoms with Crippen LogP contribution in [0, 0.1) is 5.92 Å². The molecule has 1 aromatic carbocycles. The third kappa shape index (κ3) is 4.95. The lowest BCUT2D eigenvalue weighted by molar-refractivity contribution is -0.138. The summed E-state index contributed by atoms with van der Waals surface area (Å²) >= 11 is 0. The normalized spacial score (nSPS) is 20.8. The molecule has 1 N–H and O–H groups in total. The second-order valence-corrected chi connectivity index (χ2v) is 8.90. The highest BCUT2D eigenvalue weighted by Gasteiger charge is 2.35. The fourth-order valence-corrected chi connectivity index (χ4v) is 4.80. The van der Waals surface area contributed by atoms with Crippen LogP contribution in [0.25, 0.3) is 0 Å². The topological polar surface area (TPSA) is 49.4 Å². The van der Waals surface area contributed by atoms with Crippen molar-refractivity contribution in [2.75, 3.05) is 19.6 Å². The molecule has 1 aliphatic carbocycles. The molecule has 0 unspecified atom stereocenters. The molecular weight excluding hydrogens is 353 g/mol. The number of hydrogen-bond donors (Lipinski definition) is 1. The third-order valence-corrected chi connectivity index (χ3v) is 6.73. The Morgan fingerprint density at radius 3 is 2.32 bits per heavy atom. The molecule has 0 atom stereocenters. The Morgan fingerprint density at radius 1 is 1.08 bits per heavy atom. The van der Waals surface area contributed by atoms with E-state index < -0.39 is 27.5 Å². The van der Waals surface area contributed by atoms with Crippen molar-refractivity contribution in [1.29, 1.82) is 0 Å². The van der Waals surface area contributed by atoms with Crippen molar-refractivity contribution in [2.45, 2.75) is 43.7 Å². The van der Waals surface area contributed by atoms with E-state index in [4.69, 9.17) is 0 Å². The molecule has 1 aromatic rings. The first-order valence-corrected chi connectivity index (χ1v) is 10.2. The van der Waals surface area contributed by atoms with Gasteiger partial charge in [-0.3, -0.25) is 0 Å². The SMILES string of the molecule is O=S(=O)(Cc1ccccc1C(F)(F)F)N1CCC(NCC2CC2)CC1. The number of halogens is 3. The van der Waals surface area contributed by atoms with Crippen LogP contribution in [0.15, 0.2) is 24.3 Å². The summed E-state index contributed by atoms with van der Waals surface area (Å²) in [5.74, 6) is 0.156. The van der Waals surface area contributed by atoms with E-state index in [-0.39, 0.29) is 5.56 Å². The Bertz CT molecular complexity index is 694. The molecule has 4 nitrogen and oxygen atoms in total. The molecule has 2 fully saturated rings. The fourth-order valence-electron chi connectivity index (χ4n) is 3.20. The number of alkyl halides is 3. The zero-order chi connectivity index (χ0) is 18.1. The van der Waals surface area contributed by atoms with E-state index >= 15 is 0 Å². The lowest BCUT2D eigenvalue weighted by Crippen LogP contribution is -2.45. The molecule has 25 heavy (non-hydrogen) atoms. The minimum absolute atomic E-state index is 0.191. The number of hydrogen-bond acceptors (Lipinski definition) is 3. The molecule has 0 bridgehead atoms. The van der Waals surface area contributed by atoms with E-state index in [0.717, 1.165) is 18.5 Å². The fraction of sp³-hybridized carbons (Fsp3) is 0.647. The molecule has 0 aromatic heterocycles. The monoisotopic (exact) mass is 376 g/mol. The highest BCUT2D eigenvalue weighted by atomic mass is 32.2. The van der Waals surface area contributed by atoms with Crippen LogP contribution in [0.2, 0.25) is 0 Å². The van der Waals surface area contributed by atoms with Gasteiger partial charge in [0.25, 0.3) is 0 Å². The second-order valence-electron chi connectivity index (χ2n) is 6.94. The lowest BCUT2D eigenvalue weighted by Gasteiger charge is -2.32. The third-order valence-electron chi connectivity index (χ3n) is 4.90. The minimum atomic E-state index is -4.55. The van der Waals surface area contributed by atoms with Crippen LogP contribution in [0.4, 0.5) is 13.2 Å². The van der Waals surface area contributed by atoms with Crippen LogP contribution in [0.5, 0.6) is 0 Å². The summed E-state index contributed by atoms with van der Waals surface area (Å²) in [5, 5.41) is 3.46. The number of nitrogens with zero attached hydrogens (tertiary/aromatic N) is 1. The molecule has 0 spiro atoms. The van der Waals surface area contributed by atoms with Gasteiger partial charge in [0.15, 0.2) is 0 Å². The molecule has 0 amide bonds. The van der Waals surface area contributed by atoms with Gasteiger partial charge in [0.05, 0.1) is 11.3 Å². The van der Waals surface area contributed by atoms with Gasteiger partial charge in [0.2, 0.25) is 10.0 Å². The van der Waals surface area contributed by atoms with Gasteiger partial charge < -0.3 is 5.32 Å². The van der Waals surface area contributed by atoms with Crippen LogP contribution < -0.4 is 5.32 Å². The quantitative estimate of drug-likeness (QED) is 0.830. The van der Waals surface area contributed by atoms with E-state index in [2.05, 4.69) is 5.32 Å². The summed E-state index contributed by atoms with van der Waals surface area (Å²) in [7, 11) is -3.76.